The summed E-state index contributed by atoms with van der Waals surface area (Å²) in [6.45, 7) is 4.32. The molecule has 0 fully saturated rings. The average Bonchev–Trinajstić information content (AvgIpc) is 2.84. The Hall–Kier alpha value is -1.63. The molecule has 0 spiro atoms. The smallest absolute Gasteiger partial charge is 0.322 e. The van der Waals surface area contributed by atoms with Crippen LogP contribution in [0.3, 0.4) is 0 Å². The van der Waals surface area contributed by atoms with Gasteiger partial charge in [-0.1, -0.05) is 5.10 Å². The number of nitrogens with one attached hydrogen (secondary N) is 1. The first kappa shape index (κ1) is 11.8. The van der Waals surface area contributed by atoms with Crippen LogP contribution in [0.4, 0.5) is 6.01 Å². The summed E-state index contributed by atoms with van der Waals surface area (Å²) >= 11 is 3.33. The van der Waals surface area contributed by atoms with Crippen LogP contribution < -0.4 is 5.32 Å². The van der Waals surface area contributed by atoms with Gasteiger partial charge in [-0.3, -0.25) is 10.1 Å². The molecule has 1 N–H and O–H groups in total. The number of rotatable bonds is 3. The van der Waals surface area contributed by atoms with E-state index in [4.69, 9.17) is 4.42 Å². The van der Waals surface area contributed by atoms with Gasteiger partial charge in [-0.2, -0.15) is 0 Å². The van der Waals surface area contributed by atoms with E-state index in [0.717, 1.165) is 4.47 Å². The zero-order chi connectivity index (χ0) is 12.4. The molecule has 0 aliphatic carbocycles. The van der Waals surface area contributed by atoms with E-state index in [0.29, 0.717) is 18.1 Å². The average molecular weight is 299 g/mol. The number of aryl methyl sites for hydroxylation is 2. The number of hydrogen-bond donors (Lipinski definition) is 1. The Morgan fingerprint density at radius 2 is 2.35 bits per heavy atom. The summed E-state index contributed by atoms with van der Waals surface area (Å²) in [5, 5.41) is 9.88. The van der Waals surface area contributed by atoms with Crippen molar-refractivity contribution in [3.8, 4) is 0 Å². The third-order valence-corrected chi connectivity index (χ3v) is 2.62. The van der Waals surface area contributed by atoms with Crippen molar-refractivity contribution in [3.05, 3.63) is 28.3 Å². The summed E-state index contributed by atoms with van der Waals surface area (Å²) in [6, 6.07) is 1.84. The van der Waals surface area contributed by atoms with E-state index in [9.17, 15) is 4.79 Å². The molecule has 2 rings (SSSR count). The predicted molar refractivity (Wildman–Crippen MR) is 64.8 cm³/mol. The first-order chi connectivity index (χ1) is 8.10. The maximum atomic E-state index is 11.9. The lowest BCUT2D eigenvalue weighted by molar-refractivity contribution is 0.101. The van der Waals surface area contributed by atoms with Gasteiger partial charge in [0.2, 0.25) is 5.89 Å². The van der Waals surface area contributed by atoms with Crippen LogP contribution in [0.2, 0.25) is 0 Å². The van der Waals surface area contributed by atoms with Crippen LogP contribution in [0.15, 0.2) is 21.2 Å². The highest BCUT2D eigenvalue weighted by Gasteiger charge is 2.14. The Kier molecular flexibility index (Phi) is 3.28. The summed E-state index contributed by atoms with van der Waals surface area (Å²) in [6.07, 6.45) is 1.84. The van der Waals surface area contributed by atoms with E-state index < -0.39 is 0 Å². The summed E-state index contributed by atoms with van der Waals surface area (Å²) < 4.78 is 7.76. The van der Waals surface area contributed by atoms with Crippen LogP contribution in [-0.2, 0) is 6.54 Å². The SMILES string of the molecule is CCn1cc(Br)cc1C(=O)Nc1nnc(C)o1. The minimum atomic E-state index is -0.277. The van der Waals surface area contributed by atoms with Crippen LogP contribution >= 0.6 is 15.9 Å². The molecule has 6 nitrogen and oxygen atoms in total. The second-order valence-electron chi connectivity index (χ2n) is 3.41. The van der Waals surface area contributed by atoms with Gasteiger partial charge in [0.1, 0.15) is 5.69 Å². The second kappa shape index (κ2) is 4.70. The van der Waals surface area contributed by atoms with Gasteiger partial charge in [-0.25, -0.2) is 0 Å². The van der Waals surface area contributed by atoms with Crippen LogP contribution in [0, 0.1) is 6.92 Å². The van der Waals surface area contributed by atoms with Crippen LogP contribution in [0.1, 0.15) is 23.3 Å². The largest absolute Gasteiger partial charge is 0.408 e. The molecule has 2 aromatic rings. The van der Waals surface area contributed by atoms with Gasteiger partial charge in [-0.05, 0) is 28.9 Å². The number of anilines is 1. The van der Waals surface area contributed by atoms with Crippen molar-refractivity contribution in [3.63, 3.8) is 0 Å². The Balaban J connectivity index is 2.19. The molecule has 7 heteroatoms. The van der Waals surface area contributed by atoms with Crippen molar-refractivity contribution in [2.75, 3.05) is 5.32 Å². The second-order valence-corrected chi connectivity index (χ2v) is 4.33. The summed E-state index contributed by atoms with van der Waals surface area (Å²) in [5.41, 5.74) is 0.537. The Labute approximate surface area is 106 Å². The Morgan fingerprint density at radius 3 is 2.94 bits per heavy atom. The lowest BCUT2D eigenvalue weighted by Crippen LogP contribution is -2.16. The number of carbonyl (C=O) groups excluding carboxylic acids is 1. The molecular weight excluding hydrogens is 288 g/mol. The van der Waals surface area contributed by atoms with Gasteiger partial charge in [-0.15, -0.1) is 5.10 Å². The van der Waals surface area contributed by atoms with Gasteiger partial charge >= 0.3 is 6.01 Å². The van der Waals surface area contributed by atoms with Crippen LogP contribution in [-0.4, -0.2) is 20.7 Å². The molecule has 2 heterocycles. The summed E-state index contributed by atoms with van der Waals surface area (Å²) in [4.78, 5) is 11.9. The lowest BCUT2D eigenvalue weighted by atomic mass is 10.4. The summed E-state index contributed by atoms with van der Waals surface area (Å²) in [7, 11) is 0. The van der Waals surface area contributed by atoms with E-state index in [2.05, 4.69) is 31.4 Å². The molecule has 90 valence electrons. The molecule has 0 radical (unpaired) electrons. The fourth-order valence-corrected chi connectivity index (χ4v) is 1.90. The number of hydrogen-bond acceptors (Lipinski definition) is 4. The number of amides is 1. The molecule has 0 saturated carbocycles. The van der Waals surface area contributed by atoms with Crippen molar-refractivity contribution >= 4 is 27.9 Å². The first-order valence-electron chi connectivity index (χ1n) is 5.07. The quantitative estimate of drug-likeness (QED) is 0.943. The van der Waals surface area contributed by atoms with Gasteiger partial charge in [0, 0.05) is 24.1 Å². The van der Waals surface area contributed by atoms with Crippen molar-refractivity contribution in [1.29, 1.82) is 0 Å². The molecule has 1 amide bonds. The first-order valence-corrected chi connectivity index (χ1v) is 5.86. The third-order valence-electron chi connectivity index (χ3n) is 2.18. The molecule has 0 bridgehead atoms. The minimum Gasteiger partial charge on any atom is -0.408 e. The van der Waals surface area contributed by atoms with Crippen LogP contribution in [0.25, 0.3) is 0 Å². The van der Waals surface area contributed by atoms with E-state index in [1.54, 1.807) is 13.0 Å². The Bertz CT molecular complexity index is 546. The molecule has 2 aromatic heterocycles. The molecule has 0 atom stereocenters. The van der Waals surface area contributed by atoms with Gasteiger partial charge in [0.05, 0.1) is 0 Å². The minimum absolute atomic E-state index is 0.104. The fraction of sp³-hybridized carbons (Fsp3) is 0.300. The Morgan fingerprint density at radius 1 is 1.59 bits per heavy atom. The van der Waals surface area contributed by atoms with Crippen molar-refractivity contribution in [2.24, 2.45) is 0 Å². The highest BCUT2D eigenvalue weighted by molar-refractivity contribution is 9.10. The number of nitrogens with zero attached hydrogens (tertiary/aromatic N) is 3. The molecule has 17 heavy (non-hydrogen) atoms. The maximum Gasteiger partial charge on any atom is 0.322 e. The predicted octanol–water partition coefficient (Wildman–Crippen LogP) is 2.21. The zero-order valence-electron chi connectivity index (χ0n) is 9.40. The zero-order valence-corrected chi connectivity index (χ0v) is 11.0. The number of carbonyl (C=O) groups is 1. The van der Waals surface area contributed by atoms with Crippen LogP contribution in [0.5, 0.6) is 0 Å². The van der Waals surface area contributed by atoms with Gasteiger partial charge in [0.15, 0.2) is 0 Å². The highest BCUT2D eigenvalue weighted by atomic mass is 79.9. The maximum absolute atomic E-state index is 11.9. The molecule has 0 aromatic carbocycles. The summed E-state index contributed by atoms with van der Waals surface area (Å²) in [5.74, 6) is 0.133. The fourth-order valence-electron chi connectivity index (χ4n) is 1.44. The van der Waals surface area contributed by atoms with E-state index in [1.165, 1.54) is 0 Å². The topological polar surface area (TPSA) is 73.0 Å². The van der Waals surface area contributed by atoms with E-state index in [-0.39, 0.29) is 11.9 Å². The normalized spacial score (nSPS) is 10.5. The standard InChI is InChI=1S/C10H11BrN4O2/c1-3-15-5-7(11)4-8(15)9(16)12-10-14-13-6(2)17-10/h4-5H,3H2,1-2H3,(H,12,14,16). The lowest BCUT2D eigenvalue weighted by Gasteiger charge is -2.04. The number of halogens is 1. The van der Waals surface area contributed by atoms with Crippen molar-refractivity contribution < 1.29 is 9.21 Å². The number of aromatic nitrogens is 3. The van der Waals surface area contributed by atoms with Gasteiger partial charge in [0.25, 0.3) is 5.91 Å². The molecular formula is C10H11BrN4O2. The van der Waals surface area contributed by atoms with E-state index in [1.807, 2.05) is 17.7 Å². The van der Waals surface area contributed by atoms with E-state index >= 15 is 0 Å². The third kappa shape index (κ3) is 2.55. The molecule has 0 unspecified atom stereocenters. The monoisotopic (exact) mass is 298 g/mol. The molecule has 0 saturated heterocycles. The molecule has 0 aliphatic rings. The molecule has 0 aliphatic heterocycles. The highest BCUT2D eigenvalue weighted by Crippen LogP contribution is 2.16. The van der Waals surface area contributed by atoms with Crippen molar-refractivity contribution in [2.45, 2.75) is 20.4 Å². The van der Waals surface area contributed by atoms with Gasteiger partial charge < -0.3 is 8.98 Å². The van der Waals surface area contributed by atoms with Crippen molar-refractivity contribution in [1.82, 2.24) is 14.8 Å².